The first-order valence-electron chi connectivity index (χ1n) is 8.51. The summed E-state index contributed by atoms with van der Waals surface area (Å²) in [5.41, 5.74) is 0.450. The van der Waals surface area contributed by atoms with Crippen LogP contribution in [0.2, 0.25) is 0 Å². The Hall–Kier alpha value is -1.47. The summed E-state index contributed by atoms with van der Waals surface area (Å²) in [5.74, 6) is -1.65. The molecule has 5 rings (SSSR count). The van der Waals surface area contributed by atoms with Gasteiger partial charge in [-0.25, -0.2) is 9.68 Å². The maximum Gasteiger partial charge on any atom is 0.335 e. The third kappa shape index (κ3) is 2.29. The van der Waals surface area contributed by atoms with Crippen LogP contribution in [0, 0.1) is 5.92 Å². The van der Waals surface area contributed by atoms with Gasteiger partial charge in [0.25, 0.3) is 0 Å². The average molecular weight is 334 g/mol. The van der Waals surface area contributed by atoms with Crippen LogP contribution >= 0.6 is 0 Å². The fourth-order valence-corrected chi connectivity index (χ4v) is 4.37. The number of hydrogen-bond donors (Lipinski definition) is 1. The molecule has 4 atom stereocenters. The summed E-state index contributed by atoms with van der Waals surface area (Å²) in [6.07, 6.45) is 5.31. The largest absolute Gasteiger partial charge is 0.478 e. The second-order valence-corrected chi connectivity index (χ2v) is 6.92. The van der Waals surface area contributed by atoms with Crippen LogP contribution in [0.3, 0.4) is 0 Å². The molecule has 0 aromatic heterocycles. The normalized spacial score (nSPS) is 38.4. The van der Waals surface area contributed by atoms with E-state index in [1.165, 1.54) is 6.42 Å². The van der Waals surface area contributed by atoms with Gasteiger partial charge in [-0.1, -0.05) is 25.0 Å². The van der Waals surface area contributed by atoms with Crippen molar-refractivity contribution in [2.24, 2.45) is 5.92 Å². The first-order valence-corrected chi connectivity index (χ1v) is 8.51. The Bertz CT molecular complexity index is 625. The highest BCUT2D eigenvalue weighted by Crippen LogP contribution is 2.55. The van der Waals surface area contributed by atoms with Crippen molar-refractivity contribution in [3.8, 4) is 0 Å². The lowest BCUT2D eigenvalue weighted by atomic mass is 9.73. The molecular weight excluding hydrogens is 312 g/mol. The number of hydrogen-bond acceptors (Lipinski definition) is 5. The summed E-state index contributed by atoms with van der Waals surface area (Å²) in [7, 11) is 1.64. The predicted molar refractivity (Wildman–Crippen MR) is 83.1 cm³/mol. The molecule has 1 aromatic rings. The van der Waals surface area contributed by atoms with E-state index < -0.39 is 23.6 Å². The van der Waals surface area contributed by atoms with Crippen LogP contribution in [0.5, 0.6) is 0 Å². The molecule has 24 heavy (non-hydrogen) atoms. The molecule has 4 aliphatic rings. The van der Waals surface area contributed by atoms with Crippen molar-refractivity contribution < 1.29 is 29.1 Å². The van der Waals surface area contributed by atoms with Crippen LogP contribution in [-0.4, -0.2) is 30.1 Å². The van der Waals surface area contributed by atoms with E-state index in [2.05, 4.69) is 0 Å². The molecule has 2 bridgehead atoms. The Labute approximate surface area is 140 Å². The highest BCUT2D eigenvalue weighted by Gasteiger charge is 2.61. The second-order valence-electron chi connectivity index (χ2n) is 6.92. The van der Waals surface area contributed by atoms with Crippen molar-refractivity contribution in [1.29, 1.82) is 0 Å². The maximum absolute atomic E-state index is 11.1. The minimum absolute atomic E-state index is 0.230. The zero-order valence-electron chi connectivity index (χ0n) is 13.7. The summed E-state index contributed by atoms with van der Waals surface area (Å²) in [6.45, 7) is 0. The fraction of sp³-hybridized carbons (Fsp3) is 0.611. The van der Waals surface area contributed by atoms with Crippen molar-refractivity contribution >= 4 is 5.97 Å². The van der Waals surface area contributed by atoms with E-state index in [4.69, 9.17) is 24.4 Å². The Morgan fingerprint density at radius 2 is 1.96 bits per heavy atom. The number of methoxy groups -OCH3 is 1. The van der Waals surface area contributed by atoms with E-state index in [0.717, 1.165) is 31.2 Å². The molecule has 0 radical (unpaired) electrons. The van der Waals surface area contributed by atoms with E-state index in [-0.39, 0.29) is 5.56 Å². The number of benzene rings is 1. The number of fused-ring (bicyclic) bond motifs is 3. The molecule has 0 amide bonds. The minimum atomic E-state index is -1.04. The monoisotopic (exact) mass is 334 g/mol. The molecule has 1 aliphatic carbocycles. The molecule has 1 spiro atoms. The maximum atomic E-state index is 11.1. The third-order valence-electron chi connectivity index (χ3n) is 5.70. The van der Waals surface area contributed by atoms with Crippen molar-refractivity contribution in [2.45, 2.75) is 56.2 Å². The lowest BCUT2D eigenvalue weighted by Gasteiger charge is -2.49. The Kier molecular flexibility index (Phi) is 3.88. The lowest BCUT2D eigenvalue weighted by molar-refractivity contribution is -0.558. The number of ether oxygens (including phenoxy) is 2. The van der Waals surface area contributed by atoms with Crippen LogP contribution in [0.15, 0.2) is 24.3 Å². The number of rotatable bonds is 3. The number of carbonyl (C=O) groups is 1. The van der Waals surface area contributed by atoms with E-state index in [1.807, 2.05) is 0 Å². The zero-order valence-corrected chi connectivity index (χ0v) is 13.7. The van der Waals surface area contributed by atoms with Gasteiger partial charge in [-0.15, -0.1) is 0 Å². The van der Waals surface area contributed by atoms with Crippen LogP contribution in [0.25, 0.3) is 0 Å². The van der Waals surface area contributed by atoms with Gasteiger partial charge in [0, 0.05) is 19.1 Å². The highest BCUT2D eigenvalue weighted by atomic mass is 17.3. The molecule has 3 aliphatic heterocycles. The van der Waals surface area contributed by atoms with Crippen molar-refractivity contribution in [1.82, 2.24) is 0 Å². The molecule has 6 heteroatoms. The van der Waals surface area contributed by atoms with Gasteiger partial charge in [0.2, 0.25) is 5.79 Å². The van der Waals surface area contributed by atoms with Gasteiger partial charge in [0.15, 0.2) is 11.9 Å². The average Bonchev–Trinajstić information content (AvgIpc) is 2.88. The SMILES string of the molecule is CO[C@H]1O[C@@]2(c3ccc(C(=O)O)cc3)CC[C@H]3CCCC[C@]31OO2. The lowest BCUT2D eigenvalue weighted by Crippen LogP contribution is -2.59. The third-order valence-corrected chi connectivity index (χ3v) is 5.70. The first kappa shape index (κ1) is 16.0. The van der Waals surface area contributed by atoms with Crippen molar-refractivity contribution in [3.05, 3.63) is 35.4 Å². The molecule has 1 saturated carbocycles. The first-order chi connectivity index (χ1) is 11.6. The quantitative estimate of drug-likeness (QED) is 0.856. The number of carboxylic acid groups (broad SMARTS) is 1. The molecule has 130 valence electrons. The van der Waals surface area contributed by atoms with Crippen LogP contribution < -0.4 is 0 Å². The van der Waals surface area contributed by atoms with Crippen LogP contribution in [0.4, 0.5) is 0 Å². The smallest absolute Gasteiger partial charge is 0.335 e. The Morgan fingerprint density at radius 3 is 2.67 bits per heavy atom. The molecule has 6 nitrogen and oxygen atoms in total. The topological polar surface area (TPSA) is 74.2 Å². The molecule has 3 heterocycles. The van der Waals surface area contributed by atoms with Gasteiger partial charge < -0.3 is 14.6 Å². The second kappa shape index (κ2) is 5.81. The van der Waals surface area contributed by atoms with Gasteiger partial charge in [-0.2, -0.15) is 4.89 Å². The van der Waals surface area contributed by atoms with Crippen molar-refractivity contribution in [2.75, 3.05) is 7.11 Å². The summed E-state index contributed by atoms with van der Waals surface area (Å²) < 4.78 is 11.9. The summed E-state index contributed by atoms with van der Waals surface area (Å²) >= 11 is 0. The molecule has 1 aromatic carbocycles. The van der Waals surface area contributed by atoms with Gasteiger partial charge in [-0.05, 0) is 37.3 Å². The minimum Gasteiger partial charge on any atom is -0.478 e. The van der Waals surface area contributed by atoms with Gasteiger partial charge in [-0.3, -0.25) is 0 Å². The summed E-state index contributed by atoms with van der Waals surface area (Å²) in [6, 6.07) is 6.57. The van der Waals surface area contributed by atoms with E-state index >= 15 is 0 Å². The fourth-order valence-electron chi connectivity index (χ4n) is 4.37. The van der Waals surface area contributed by atoms with Crippen LogP contribution in [-0.2, 0) is 25.0 Å². The molecule has 4 fully saturated rings. The summed E-state index contributed by atoms with van der Waals surface area (Å²) in [4.78, 5) is 22.8. The number of carboxylic acids is 1. The standard InChI is InChI=1S/C18H22O6/c1-21-16-17-10-3-2-4-13(17)9-11-18(22-16,24-23-17)14-7-5-12(6-8-14)15(19)20/h5-8,13,16H,2-4,9-11H2,1H3,(H,19,20)/t13-,16+,17+,18+/m1/s1. The Balaban J connectivity index is 1.70. The van der Waals surface area contributed by atoms with E-state index in [9.17, 15) is 4.79 Å². The molecule has 1 N–H and O–H groups in total. The van der Waals surface area contributed by atoms with Gasteiger partial charge >= 0.3 is 5.97 Å². The molecular formula is C18H22O6. The summed E-state index contributed by atoms with van der Waals surface area (Å²) in [5, 5.41) is 9.07. The molecule has 0 unspecified atom stereocenters. The van der Waals surface area contributed by atoms with Crippen LogP contribution in [0.1, 0.15) is 54.4 Å². The van der Waals surface area contributed by atoms with E-state index in [1.54, 1.807) is 31.4 Å². The number of aromatic carboxylic acids is 1. The van der Waals surface area contributed by atoms with E-state index in [0.29, 0.717) is 12.3 Å². The Morgan fingerprint density at radius 1 is 1.17 bits per heavy atom. The zero-order chi connectivity index (χ0) is 16.8. The molecule has 3 saturated heterocycles. The predicted octanol–water partition coefficient (Wildman–Crippen LogP) is 3.21. The van der Waals surface area contributed by atoms with Crippen molar-refractivity contribution in [3.63, 3.8) is 0 Å². The highest BCUT2D eigenvalue weighted by molar-refractivity contribution is 5.87. The van der Waals surface area contributed by atoms with Gasteiger partial charge in [0.1, 0.15) is 0 Å². The van der Waals surface area contributed by atoms with Gasteiger partial charge in [0.05, 0.1) is 5.56 Å².